The van der Waals surface area contributed by atoms with Crippen molar-refractivity contribution in [2.75, 3.05) is 7.11 Å². The first-order valence-electron chi connectivity index (χ1n) is 9.86. The van der Waals surface area contributed by atoms with Crippen LogP contribution in [0.15, 0.2) is 85.1 Å². The molecule has 0 bridgehead atoms. The van der Waals surface area contributed by atoms with Crippen LogP contribution in [0.2, 0.25) is 0 Å². The first-order chi connectivity index (χ1) is 15.3. The van der Waals surface area contributed by atoms with Gasteiger partial charge in [-0.15, -0.1) is 21.5 Å². The third-order valence-corrected chi connectivity index (χ3v) is 6.97. The third kappa shape index (κ3) is 4.40. The van der Waals surface area contributed by atoms with Crippen LogP contribution < -0.4 is 4.74 Å². The van der Waals surface area contributed by atoms with Crippen molar-refractivity contribution in [3.8, 4) is 37.3 Å². The first-order valence-corrected chi connectivity index (χ1v) is 11.5. The van der Waals surface area contributed by atoms with Crippen LogP contribution in [0.4, 0.5) is 0 Å². The maximum absolute atomic E-state index is 5.25. The Hall–Kier alpha value is -3.35. The fraction of sp³-hybridized carbons (Fsp3) is 0.0800. The summed E-state index contributed by atoms with van der Waals surface area (Å²) in [7, 11) is 1.68. The van der Waals surface area contributed by atoms with Crippen molar-refractivity contribution < 1.29 is 4.74 Å². The van der Waals surface area contributed by atoms with Crippen LogP contribution in [0.25, 0.3) is 31.6 Å². The number of nitrogens with zero attached hydrogens (tertiary/aromatic N) is 3. The monoisotopic (exact) mass is 441 g/mol. The zero-order valence-corrected chi connectivity index (χ0v) is 18.5. The highest BCUT2D eigenvalue weighted by atomic mass is 32.1. The van der Waals surface area contributed by atoms with Gasteiger partial charge in [0.05, 0.1) is 12.0 Å². The standard InChI is InChI=1S/C25H19N3OS2/c1-29-21-12-10-18(11-13-21)22-16-26-24(30-22)19-8-5-9-20(15-19)25-28-27-23(31-25)14-17-6-3-2-4-7-17/h2-13,15-16H,14H2,1H3. The molecule has 0 saturated carbocycles. The molecule has 0 atom stereocenters. The highest BCUT2D eigenvalue weighted by Gasteiger charge is 2.11. The van der Waals surface area contributed by atoms with Crippen LogP contribution >= 0.6 is 22.7 Å². The third-order valence-electron chi connectivity index (χ3n) is 4.90. The second kappa shape index (κ2) is 8.79. The molecular weight excluding hydrogens is 422 g/mol. The van der Waals surface area contributed by atoms with Crippen LogP contribution in [0.3, 0.4) is 0 Å². The molecule has 5 aromatic rings. The van der Waals surface area contributed by atoms with E-state index in [0.29, 0.717) is 0 Å². The summed E-state index contributed by atoms with van der Waals surface area (Å²) in [6, 6.07) is 26.8. The van der Waals surface area contributed by atoms with Gasteiger partial charge in [0.1, 0.15) is 20.8 Å². The van der Waals surface area contributed by atoms with E-state index in [1.54, 1.807) is 29.8 Å². The largest absolute Gasteiger partial charge is 0.497 e. The molecule has 0 saturated heterocycles. The van der Waals surface area contributed by atoms with Crippen LogP contribution in [-0.2, 0) is 6.42 Å². The van der Waals surface area contributed by atoms with Gasteiger partial charge in [-0.1, -0.05) is 59.9 Å². The predicted molar refractivity (Wildman–Crippen MR) is 128 cm³/mol. The van der Waals surface area contributed by atoms with E-state index >= 15 is 0 Å². The molecule has 0 aliphatic carbocycles. The zero-order valence-electron chi connectivity index (χ0n) is 16.9. The van der Waals surface area contributed by atoms with Gasteiger partial charge in [0.25, 0.3) is 0 Å². The fourth-order valence-corrected chi connectivity index (χ4v) is 5.08. The average Bonchev–Trinajstić information content (AvgIpc) is 3.50. The number of hydrogen-bond donors (Lipinski definition) is 0. The number of methoxy groups -OCH3 is 1. The van der Waals surface area contributed by atoms with Crippen molar-refractivity contribution in [3.63, 3.8) is 0 Å². The zero-order chi connectivity index (χ0) is 21.0. The molecule has 2 aromatic heterocycles. The van der Waals surface area contributed by atoms with Gasteiger partial charge in [0.15, 0.2) is 0 Å². The van der Waals surface area contributed by atoms with Crippen LogP contribution in [0.5, 0.6) is 5.75 Å². The molecule has 4 nitrogen and oxygen atoms in total. The maximum atomic E-state index is 5.25. The van der Waals surface area contributed by atoms with Crippen molar-refractivity contribution in [1.82, 2.24) is 15.2 Å². The summed E-state index contributed by atoms with van der Waals surface area (Å²) in [4.78, 5) is 5.78. The van der Waals surface area contributed by atoms with E-state index in [2.05, 4.69) is 75.8 Å². The Labute approximate surface area is 188 Å². The van der Waals surface area contributed by atoms with E-state index < -0.39 is 0 Å². The van der Waals surface area contributed by atoms with Crippen molar-refractivity contribution in [2.24, 2.45) is 0 Å². The summed E-state index contributed by atoms with van der Waals surface area (Å²) in [5.41, 5.74) is 4.53. The van der Waals surface area contributed by atoms with Gasteiger partial charge in [0, 0.05) is 23.7 Å². The summed E-state index contributed by atoms with van der Waals surface area (Å²) in [5, 5.41) is 11.8. The number of ether oxygens (including phenoxy) is 1. The van der Waals surface area contributed by atoms with E-state index in [0.717, 1.165) is 48.8 Å². The van der Waals surface area contributed by atoms with Gasteiger partial charge in [-0.05, 0) is 41.5 Å². The number of rotatable bonds is 6. The lowest BCUT2D eigenvalue weighted by atomic mass is 10.1. The lowest BCUT2D eigenvalue weighted by Crippen LogP contribution is -1.85. The normalized spacial score (nSPS) is 10.9. The van der Waals surface area contributed by atoms with Gasteiger partial charge in [-0.3, -0.25) is 0 Å². The Morgan fingerprint density at radius 1 is 0.742 bits per heavy atom. The molecule has 0 aliphatic rings. The fourth-order valence-electron chi connectivity index (χ4n) is 3.29. The summed E-state index contributed by atoms with van der Waals surface area (Å²) in [6.45, 7) is 0. The van der Waals surface area contributed by atoms with Gasteiger partial charge in [0.2, 0.25) is 0 Å². The van der Waals surface area contributed by atoms with Gasteiger partial charge >= 0.3 is 0 Å². The SMILES string of the molecule is COc1ccc(-c2cnc(-c3cccc(-c4nnc(Cc5ccccc5)s4)c3)s2)cc1. The second-order valence-electron chi connectivity index (χ2n) is 7.00. The van der Waals surface area contributed by atoms with Gasteiger partial charge in [-0.2, -0.15) is 0 Å². The molecule has 0 fully saturated rings. The molecule has 3 aromatic carbocycles. The average molecular weight is 442 g/mol. The quantitative estimate of drug-likeness (QED) is 0.298. The topological polar surface area (TPSA) is 47.9 Å². The van der Waals surface area contributed by atoms with E-state index in [1.807, 2.05) is 24.4 Å². The number of benzene rings is 3. The molecular formula is C25H19N3OS2. The van der Waals surface area contributed by atoms with Crippen LogP contribution in [0.1, 0.15) is 10.6 Å². The lowest BCUT2D eigenvalue weighted by Gasteiger charge is -2.01. The molecule has 0 radical (unpaired) electrons. The van der Waals surface area contributed by atoms with Gasteiger partial charge < -0.3 is 4.74 Å². The maximum Gasteiger partial charge on any atom is 0.147 e. The second-order valence-corrected chi connectivity index (χ2v) is 9.10. The minimum Gasteiger partial charge on any atom is -0.497 e. The Balaban J connectivity index is 1.38. The van der Waals surface area contributed by atoms with E-state index in [9.17, 15) is 0 Å². The molecule has 0 amide bonds. The number of thiazole rings is 1. The molecule has 0 N–H and O–H groups in total. The van der Waals surface area contributed by atoms with Crippen molar-refractivity contribution in [3.05, 3.63) is 95.6 Å². The molecule has 0 spiro atoms. The lowest BCUT2D eigenvalue weighted by molar-refractivity contribution is 0.415. The summed E-state index contributed by atoms with van der Waals surface area (Å²) in [5.74, 6) is 0.852. The molecule has 31 heavy (non-hydrogen) atoms. The van der Waals surface area contributed by atoms with Crippen LogP contribution in [0, 0.1) is 0 Å². The van der Waals surface area contributed by atoms with Crippen molar-refractivity contribution >= 4 is 22.7 Å². The minimum absolute atomic E-state index is 0.801. The van der Waals surface area contributed by atoms with E-state index in [1.165, 1.54) is 5.56 Å². The van der Waals surface area contributed by atoms with E-state index in [-0.39, 0.29) is 0 Å². The summed E-state index contributed by atoms with van der Waals surface area (Å²) in [6.07, 6.45) is 2.73. The molecule has 2 heterocycles. The molecule has 152 valence electrons. The smallest absolute Gasteiger partial charge is 0.147 e. The van der Waals surface area contributed by atoms with Crippen LogP contribution in [-0.4, -0.2) is 22.3 Å². The molecule has 6 heteroatoms. The van der Waals surface area contributed by atoms with Crippen molar-refractivity contribution in [1.29, 1.82) is 0 Å². The highest BCUT2D eigenvalue weighted by Crippen LogP contribution is 2.35. The molecule has 0 aliphatic heterocycles. The van der Waals surface area contributed by atoms with E-state index in [4.69, 9.17) is 4.74 Å². The number of aromatic nitrogens is 3. The van der Waals surface area contributed by atoms with Gasteiger partial charge in [-0.25, -0.2) is 4.98 Å². The molecule has 0 unspecified atom stereocenters. The highest BCUT2D eigenvalue weighted by molar-refractivity contribution is 7.18. The first kappa shape index (κ1) is 19.6. The minimum atomic E-state index is 0.801. The summed E-state index contributed by atoms with van der Waals surface area (Å²) >= 11 is 3.32. The Bertz CT molecular complexity index is 1290. The molecule has 5 rings (SSSR count). The van der Waals surface area contributed by atoms with Crippen molar-refractivity contribution in [2.45, 2.75) is 6.42 Å². The Kier molecular flexibility index (Phi) is 5.56. The predicted octanol–water partition coefficient (Wildman–Crippen LogP) is 6.60. The Morgan fingerprint density at radius 3 is 2.29 bits per heavy atom. The number of hydrogen-bond acceptors (Lipinski definition) is 6. The summed E-state index contributed by atoms with van der Waals surface area (Å²) < 4.78 is 5.25. The Morgan fingerprint density at radius 2 is 1.52 bits per heavy atom.